The summed E-state index contributed by atoms with van der Waals surface area (Å²) in [6.07, 6.45) is 4.86. The van der Waals surface area contributed by atoms with Crippen molar-refractivity contribution in [1.82, 2.24) is 10.6 Å². The molecule has 21 heavy (non-hydrogen) atoms. The Morgan fingerprint density at radius 2 is 2.24 bits per heavy atom. The molecule has 6 heteroatoms. The summed E-state index contributed by atoms with van der Waals surface area (Å²) in [4.78, 5) is 12.1. The molecule has 1 aliphatic heterocycles. The first-order valence-electron chi connectivity index (χ1n) is 7.27. The summed E-state index contributed by atoms with van der Waals surface area (Å²) in [6, 6.07) is 4.96. The van der Waals surface area contributed by atoms with E-state index in [1.54, 1.807) is 17.8 Å². The molecule has 1 aromatic rings. The molecule has 3 atom stereocenters. The number of amides is 1. The quantitative estimate of drug-likeness (QED) is 0.896. The van der Waals surface area contributed by atoms with Gasteiger partial charge in [-0.05, 0) is 25.0 Å². The number of fused-ring (bicyclic) bond motifs is 1. The zero-order chi connectivity index (χ0) is 14.8. The maximum Gasteiger partial charge on any atom is 0.226 e. The number of carbonyl (C=O) groups is 1. The fourth-order valence-corrected chi connectivity index (χ4v) is 4.73. The Bertz CT molecular complexity index is 508. The highest BCUT2D eigenvalue weighted by atomic mass is 35.5. The molecule has 0 spiro atoms. The number of benzene rings is 1. The molecule has 3 unspecified atom stereocenters. The molecule has 1 aromatic carbocycles. The van der Waals surface area contributed by atoms with Gasteiger partial charge in [-0.3, -0.25) is 10.1 Å². The van der Waals surface area contributed by atoms with Crippen LogP contribution in [0.15, 0.2) is 18.2 Å². The van der Waals surface area contributed by atoms with Crippen molar-refractivity contribution in [3.63, 3.8) is 0 Å². The number of halogens is 2. The Morgan fingerprint density at radius 3 is 3.00 bits per heavy atom. The molecule has 2 aliphatic rings. The van der Waals surface area contributed by atoms with Gasteiger partial charge in [0.1, 0.15) is 11.3 Å². The van der Waals surface area contributed by atoms with Gasteiger partial charge in [0.2, 0.25) is 5.91 Å². The summed E-state index contributed by atoms with van der Waals surface area (Å²) >= 11 is 7.72. The van der Waals surface area contributed by atoms with E-state index in [0.29, 0.717) is 16.3 Å². The molecule has 1 heterocycles. The number of hydrogen-bond acceptors (Lipinski definition) is 3. The SMILES string of the molecule is O=C(Cc1c(F)cccc1Cl)NC1NC2CCCCC2S1. The second-order valence-electron chi connectivity index (χ2n) is 5.56. The van der Waals surface area contributed by atoms with Gasteiger partial charge in [-0.25, -0.2) is 4.39 Å². The van der Waals surface area contributed by atoms with Crippen LogP contribution in [-0.4, -0.2) is 22.7 Å². The minimum absolute atomic E-state index is 0.0282. The average Bonchev–Trinajstić information content (AvgIpc) is 2.85. The van der Waals surface area contributed by atoms with Gasteiger partial charge in [0.15, 0.2) is 0 Å². The van der Waals surface area contributed by atoms with Crippen molar-refractivity contribution >= 4 is 29.3 Å². The van der Waals surface area contributed by atoms with Crippen LogP contribution >= 0.6 is 23.4 Å². The molecule has 1 amide bonds. The van der Waals surface area contributed by atoms with E-state index >= 15 is 0 Å². The fraction of sp³-hybridized carbons (Fsp3) is 0.533. The minimum atomic E-state index is -0.432. The van der Waals surface area contributed by atoms with E-state index in [1.807, 2.05) is 0 Å². The number of nitrogens with one attached hydrogen (secondary N) is 2. The maximum absolute atomic E-state index is 13.7. The molecule has 2 fully saturated rings. The van der Waals surface area contributed by atoms with E-state index in [-0.39, 0.29) is 23.4 Å². The van der Waals surface area contributed by atoms with Crippen molar-refractivity contribution in [2.45, 2.75) is 48.9 Å². The van der Waals surface area contributed by atoms with Crippen LogP contribution in [0.5, 0.6) is 0 Å². The summed E-state index contributed by atoms with van der Waals surface area (Å²) in [5.41, 5.74) is 0.188. The highest BCUT2D eigenvalue weighted by molar-refractivity contribution is 8.00. The van der Waals surface area contributed by atoms with Crippen LogP contribution in [0.2, 0.25) is 5.02 Å². The normalized spacial score (nSPS) is 28.2. The maximum atomic E-state index is 13.7. The van der Waals surface area contributed by atoms with Crippen LogP contribution in [-0.2, 0) is 11.2 Å². The van der Waals surface area contributed by atoms with Gasteiger partial charge in [-0.2, -0.15) is 0 Å². The Kier molecular flexibility index (Phi) is 4.72. The zero-order valence-corrected chi connectivity index (χ0v) is 13.1. The van der Waals surface area contributed by atoms with Crippen molar-refractivity contribution < 1.29 is 9.18 Å². The standard InChI is InChI=1S/C15H18ClFN2OS/c16-10-4-3-5-11(17)9(10)8-14(20)19-15-18-12-6-1-2-7-13(12)21-15/h3-5,12-13,15,18H,1-2,6-8H2,(H,19,20). The summed E-state index contributed by atoms with van der Waals surface area (Å²) in [7, 11) is 0. The topological polar surface area (TPSA) is 41.1 Å². The van der Waals surface area contributed by atoms with Crippen LogP contribution in [0.3, 0.4) is 0 Å². The third kappa shape index (κ3) is 3.52. The summed E-state index contributed by atoms with van der Waals surface area (Å²) in [5.74, 6) is -0.635. The highest BCUT2D eigenvalue weighted by Crippen LogP contribution is 2.35. The third-order valence-electron chi connectivity index (χ3n) is 4.07. The molecule has 3 nitrogen and oxygen atoms in total. The van der Waals surface area contributed by atoms with Gasteiger partial charge >= 0.3 is 0 Å². The lowest BCUT2D eigenvalue weighted by Gasteiger charge is -2.22. The molecule has 1 saturated carbocycles. The average molecular weight is 329 g/mol. The number of rotatable bonds is 3. The molecule has 0 aromatic heterocycles. The van der Waals surface area contributed by atoms with Gasteiger partial charge < -0.3 is 5.32 Å². The second kappa shape index (κ2) is 6.55. The van der Waals surface area contributed by atoms with Crippen LogP contribution in [0.25, 0.3) is 0 Å². The minimum Gasteiger partial charge on any atom is -0.331 e. The van der Waals surface area contributed by atoms with Crippen molar-refractivity contribution in [2.24, 2.45) is 0 Å². The monoisotopic (exact) mass is 328 g/mol. The van der Waals surface area contributed by atoms with Crippen molar-refractivity contribution in [1.29, 1.82) is 0 Å². The van der Waals surface area contributed by atoms with Gasteiger partial charge in [-0.15, -0.1) is 11.8 Å². The van der Waals surface area contributed by atoms with E-state index in [9.17, 15) is 9.18 Å². The first-order chi connectivity index (χ1) is 10.1. The largest absolute Gasteiger partial charge is 0.331 e. The molecule has 114 valence electrons. The van der Waals surface area contributed by atoms with Crippen LogP contribution < -0.4 is 10.6 Å². The smallest absolute Gasteiger partial charge is 0.226 e. The third-order valence-corrected chi connectivity index (χ3v) is 5.86. The van der Waals surface area contributed by atoms with Crippen molar-refractivity contribution in [2.75, 3.05) is 0 Å². The number of thioether (sulfide) groups is 1. The van der Waals surface area contributed by atoms with E-state index in [1.165, 1.54) is 37.8 Å². The molecule has 1 saturated heterocycles. The Morgan fingerprint density at radius 1 is 1.43 bits per heavy atom. The van der Waals surface area contributed by atoms with Crippen molar-refractivity contribution in [3.8, 4) is 0 Å². The summed E-state index contributed by atoms with van der Waals surface area (Å²) in [6.45, 7) is 0. The first-order valence-corrected chi connectivity index (χ1v) is 8.59. The van der Waals surface area contributed by atoms with Gasteiger partial charge in [0.25, 0.3) is 0 Å². The highest BCUT2D eigenvalue weighted by Gasteiger charge is 2.36. The fourth-order valence-electron chi connectivity index (χ4n) is 2.99. The van der Waals surface area contributed by atoms with E-state index in [4.69, 9.17) is 11.6 Å². The molecule has 3 rings (SSSR count). The first kappa shape index (κ1) is 15.1. The molecule has 2 N–H and O–H groups in total. The molecular weight excluding hydrogens is 311 g/mol. The number of hydrogen-bond donors (Lipinski definition) is 2. The van der Waals surface area contributed by atoms with Gasteiger partial charge in [0.05, 0.1) is 6.42 Å². The summed E-state index contributed by atoms with van der Waals surface area (Å²) in [5, 5.41) is 7.25. The second-order valence-corrected chi connectivity index (χ2v) is 7.31. The molecular formula is C15H18ClFN2OS. The Hall–Kier alpha value is -0.780. The van der Waals surface area contributed by atoms with Crippen LogP contribution in [0.4, 0.5) is 4.39 Å². The molecule has 0 radical (unpaired) electrons. The van der Waals surface area contributed by atoms with Gasteiger partial charge in [0, 0.05) is 21.9 Å². The van der Waals surface area contributed by atoms with Crippen LogP contribution in [0.1, 0.15) is 31.2 Å². The van der Waals surface area contributed by atoms with Crippen LogP contribution in [0, 0.1) is 5.82 Å². The molecule has 1 aliphatic carbocycles. The predicted molar refractivity (Wildman–Crippen MR) is 83.8 cm³/mol. The lowest BCUT2D eigenvalue weighted by atomic mass is 9.95. The predicted octanol–water partition coefficient (Wildman–Crippen LogP) is 3.07. The van der Waals surface area contributed by atoms with E-state index < -0.39 is 5.82 Å². The van der Waals surface area contributed by atoms with E-state index in [0.717, 1.165) is 0 Å². The molecule has 0 bridgehead atoms. The Labute approximate surface area is 133 Å². The van der Waals surface area contributed by atoms with E-state index in [2.05, 4.69) is 10.6 Å². The Balaban J connectivity index is 1.57. The lowest BCUT2D eigenvalue weighted by Crippen LogP contribution is -2.44. The van der Waals surface area contributed by atoms with Crippen molar-refractivity contribution in [3.05, 3.63) is 34.6 Å². The number of carbonyl (C=O) groups excluding carboxylic acids is 1. The zero-order valence-electron chi connectivity index (χ0n) is 11.6. The van der Waals surface area contributed by atoms with Gasteiger partial charge in [-0.1, -0.05) is 30.5 Å². The summed E-state index contributed by atoms with van der Waals surface area (Å²) < 4.78 is 13.7. The lowest BCUT2D eigenvalue weighted by molar-refractivity contribution is -0.120.